The van der Waals surface area contributed by atoms with Gasteiger partial charge in [0.25, 0.3) is 0 Å². The minimum absolute atomic E-state index is 0.0626. The second kappa shape index (κ2) is 5.65. The Morgan fingerprint density at radius 2 is 1.95 bits per heavy atom. The Morgan fingerprint density at radius 3 is 2.40 bits per heavy atom. The summed E-state index contributed by atoms with van der Waals surface area (Å²) in [6.45, 7) is 0.314. The summed E-state index contributed by atoms with van der Waals surface area (Å²) in [5.41, 5.74) is 5.69. The van der Waals surface area contributed by atoms with Crippen molar-refractivity contribution < 1.29 is 17.2 Å². The molecule has 2 rings (SSSR count). The van der Waals surface area contributed by atoms with Crippen molar-refractivity contribution in [1.29, 1.82) is 0 Å². The summed E-state index contributed by atoms with van der Waals surface area (Å²) < 4.78 is 51.0. The molecular formula is C13H18F2N2O2S. The van der Waals surface area contributed by atoms with Crippen LogP contribution in [0.5, 0.6) is 0 Å². The lowest BCUT2D eigenvalue weighted by molar-refractivity contribution is 0.558. The molecule has 1 aromatic rings. The molecule has 0 amide bonds. The summed E-state index contributed by atoms with van der Waals surface area (Å²) in [5.74, 6) is -1.36. The Balaban J connectivity index is 2.28. The molecule has 1 heterocycles. The molecule has 1 aromatic carbocycles. The summed E-state index contributed by atoms with van der Waals surface area (Å²) in [5, 5.41) is 0. The summed E-state index contributed by atoms with van der Waals surface area (Å²) in [6, 6.07) is 2.13. The molecule has 1 fully saturated rings. The van der Waals surface area contributed by atoms with E-state index in [9.17, 15) is 17.2 Å². The van der Waals surface area contributed by atoms with E-state index in [2.05, 4.69) is 0 Å². The van der Waals surface area contributed by atoms with E-state index in [1.807, 2.05) is 0 Å². The van der Waals surface area contributed by atoms with Crippen LogP contribution in [0.2, 0.25) is 0 Å². The molecule has 0 spiro atoms. The van der Waals surface area contributed by atoms with Crippen molar-refractivity contribution in [3.05, 3.63) is 29.3 Å². The van der Waals surface area contributed by atoms with Crippen molar-refractivity contribution in [2.45, 2.75) is 18.9 Å². The molecule has 0 saturated carbocycles. The Labute approximate surface area is 117 Å². The Hall–Kier alpha value is -1.21. The zero-order valence-electron chi connectivity index (χ0n) is 11.3. The van der Waals surface area contributed by atoms with Gasteiger partial charge in [-0.2, -0.15) is 0 Å². The number of nitrogens with two attached hydrogens (primary N) is 1. The highest BCUT2D eigenvalue weighted by molar-refractivity contribution is 7.91. The average molecular weight is 304 g/mol. The van der Waals surface area contributed by atoms with Crippen LogP contribution in [-0.4, -0.2) is 39.6 Å². The van der Waals surface area contributed by atoms with Crippen LogP contribution in [0.1, 0.15) is 12.0 Å². The van der Waals surface area contributed by atoms with Crippen molar-refractivity contribution >= 4 is 15.5 Å². The first-order chi connectivity index (χ1) is 9.34. The van der Waals surface area contributed by atoms with Gasteiger partial charge in [0.05, 0.1) is 11.5 Å². The second-order valence-corrected chi connectivity index (χ2v) is 7.34. The zero-order valence-corrected chi connectivity index (χ0v) is 12.1. The fourth-order valence-electron chi connectivity index (χ4n) is 2.53. The van der Waals surface area contributed by atoms with E-state index in [-0.39, 0.29) is 23.2 Å². The summed E-state index contributed by atoms with van der Waals surface area (Å²) >= 11 is 0. The SMILES string of the molecule is CN(c1c(F)cc(CCN)cc1F)C1CCS(=O)(=O)C1. The second-order valence-electron chi connectivity index (χ2n) is 5.11. The molecule has 0 bridgehead atoms. The molecule has 1 aliphatic rings. The van der Waals surface area contributed by atoms with Gasteiger partial charge in [0, 0.05) is 13.1 Å². The third kappa shape index (κ3) is 3.09. The minimum Gasteiger partial charge on any atom is -0.366 e. The number of hydrogen-bond donors (Lipinski definition) is 1. The highest BCUT2D eigenvalue weighted by Crippen LogP contribution is 2.29. The predicted molar refractivity (Wildman–Crippen MR) is 74.6 cm³/mol. The molecule has 1 unspecified atom stereocenters. The number of rotatable bonds is 4. The molecule has 1 atom stereocenters. The summed E-state index contributed by atoms with van der Waals surface area (Å²) in [4.78, 5) is 1.39. The molecule has 1 saturated heterocycles. The quantitative estimate of drug-likeness (QED) is 0.904. The summed E-state index contributed by atoms with van der Waals surface area (Å²) in [6.07, 6.45) is 0.790. The van der Waals surface area contributed by atoms with Crippen molar-refractivity contribution in [3.63, 3.8) is 0 Å². The molecule has 20 heavy (non-hydrogen) atoms. The van der Waals surface area contributed by atoms with Gasteiger partial charge in [0.2, 0.25) is 0 Å². The zero-order chi connectivity index (χ0) is 14.9. The van der Waals surface area contributed by atoms with Crippen LogP contribution in [0, 0.1) is 11.6 Å². The fraction of sp³-hybridized carbons (Fsp3) is 0.538. The number of halogens is 2. The summed E-state index contributed by atoms with van der Waals surface area (Å²) in [7, 11) is -1.57. The topological polar surface area (TPSA) is 63.4 Å². The smallest absolute Gasteiger partial charge is 0.152 e. The average Bonchev–Trinajstić information content (AvgIpc) is 2.69. The third-order valence-electron chi connectivity index (χ3n) is 3.62. The van der Waals surface area contributed by atoms with Gasteiger partial charge in [-0.25, -0.2) is 17.2 Å². The van der Waals surface area contributed by atoms with Gasteiger partial charge in [-0.05, 0) is 37.1 Å². The highest BCUT2D eigenvalue weighted by Gasteiger charge is 2.32. The van der Waals surface area contributed by atoms with Crippen molar-refractivity contribution in [3.8, 4) is 0 Å². The van der Waals surface area contributed by atoms with E-state index >= 15 is 0 Å². The first kappa shape index (κ1) is 15.2. The lowest BCUT2D eigenvalue weighted by Crippen LogP contribution is -2.34. The molecule has 4 nitrogen and oxygen atoms in total. The third-order valence-corrected chi connectivity index (χ3v) is 5.37. The molecule has 0 radical (unpaired) electrons. The van der Waals surface area contributed by atoms with E-state index in [0.29, 0.717) is 24.9 Å². The Morgan fingerprint density at radius 1 is 1.35 bits per heavy atom. The van der Waals surface area contributed by atoms with E-state index in [1.54, 1.807) is 0 Å². The van der Waals surface area contributed by atoms with E-state index in [4.69, 9.17) is 5.73 Å². The normalized spacial score (nSPS) is 21.1. The van der Waals surface area contributed by atoms with Gasteiger partial charge in [0.15, 0.2) is 9.84 Å². The van der Waals surface area contributed by atoms with Gasteiger partial charge in [-0.1, -0.05) is 0 Å². The number of benzene rings is 1. The maximum Gasteiger partial charge on any atom is 0.152 e. The van der Waals surface area contributed by atoms with Gasteiger partial charge in [-0.3, -0.25) is 0 Å². The van der Waals surface area contributed by atoms with Gasteiger partial charge in [-0.15, -0.1) is 0 Å². The highest BCUT2D eigenvalue weighted by atomic mass is 32.2. The van der Waals surface area contributed by atoms with Gasteiger partial charge < -0.3 is 10.6 Å². The molecule has 2 N–H and O–H groups in total. The van der Waals surface area contributed by atoms with Crippen LogP contribution in [0.4, 0.5) is 14.5 Å². The van der Waals surface area contributed by atoms with Crippen LogP contribution in [-0.2, 0) is 16.3 Å². The van der Waals surface area contributed by atoms with E-state index in [1.165, 1.54) is 24.1 Å². The van der Waals surface area contributed by atoms with Crippen molar-refractivity contribution in [2.75, 3.05) is 30.0 Å². The predicted octanol–water partition coefficient (Wildman–Crippen LogP) is 1.09. The number of nitrogens with zero attached hydrogens (tertiary/aromatic N) is 1. The first-order valence-electron chi connectivity index (χ1n) is 6.45. The molecule has 0 aromatic heterocycles. The van der Waals surface area contributed by atoms with Gasteiger partial charge in [0.1, 0.15) is 17.3 Å². The minimum atomic E-state index is -3.09. The van der Waals surface area contributed by atoms with Crippen LogP contribution in [0.3, 0.4) is 0 Å². The lowest BCUT2D eigenvalue weighted by Gasteiger charge is -2.26. The maximum atomic E-state index is 14.1. The van der Waals surface area contributed by atoms with E-state index in [0.717, 1.165) is 0 Å². The standard InChI is InChI=1S/C13H18F2N2O2S/c1-17(10-3-5-20(18,19)8-10)13-11(14)6-9(2-4-16)7-12(13)15/h6-7,10H,2-5,8,16H2,1H3. The largest absolute Gasteiger partial charge is 0.366 e. The molecule has 1 aliphatic heterocycles. The monoisotopic (exact) mass is 304 g/mol. The number of anilines is 1. The maximum absolute atomic E-state index is 14.1. The Bertz CT molecular complexity index is 581. The first-order valence-corrected chi connectivity index (χ1v) is 8.27. The van der Waals surface area contributed by atoms with Crippen LogP contribution >= 0.6 is 0 Å². The molecule has 7 heteroatoms. The Kier molecular flexibility index (Phi) is 4.29. The van der Waals surface area contributed by atoms with Gasteiger partial charge >= 0.3 is 0 Å². The van der Waals surface area contributed by atoms with E-state index < -0.39 is 21.5 Å². The lowest BCUT2D eigenvalue weighted by atomic mass is 10.1. The number of sulfone groups is 1. The van der Waals surface area contributed by atoms with Crippen LogP contribution in [0.25, 0.3) is 0 Å². The molecular weight excluding hydrogens is 286 g/mol. The van der Waals surface area contributed by atoms with Crippen molar-refractivity contribution in [1.82, 2.24) is 0 Å². The van der Waals surface area contributed by atoms with Crippen LogP contribution in [0.15, 0.2) is 12.1 Å². The molecule has 0 aliphatic carbocycles. The fourth-order valence-corrected chi connectivity index (χ4v) is 4.30. The number of hydrogen-bond acceptors (Lipinski definition) is 4. The van der Waals surface area contributed by atoms with Crippen molar-refractivity contribution in [2.24, 2.45) is 5.73 Å². The van der Waals surface area contributed by atoms with Crippen LogP contribution < -0.4 is 10.6 Å². The molecule has 112 valence electrons.